The van der Waals surface area contributed by atoms with Gasteiger partial charge in [-0.05, 0) is 37.0 Å². The molecule has 0 aromatic heterocycles. The van der Waals surface area contributed by atoms with E-state index in [0.717, 1.165) is 23.7 Å². The van der Waals surface area contributed by atoms with Crippen LogP contribution in [0.15, 0.2) is 24.3 Å². The van der Waals surface area contributed by atoms with Crippen molar-refractivity contribution in [3.63, 3.8) is 0 Å². The Hall–Kier alpha value is -1.02. The molecule has 2 nitrogen and oxygen atoms in total. The van der Waals surface area contributed by atoms with Gasteiger partial charge in [-0.1, -0.05) is 12.1 Å². The molecular formula is C12H16N2. The van der Waals surface area contributed by atoms with E-state index < -0.39 is 0 Å². The van der Waals surface area contributed by atoms with E-state index in [9.17, 15) is 0 Å². The highest BCUT2D eigenvalue weighted by atomic mass is 15.0. The Morgan fingerprint density at radius 3 is 2.50 bits per heavy atom. The topological polar surface area (TPSA) is 38.0 Å². The second-order valence-electron chi connectivity index (χ2n) is 4.56. The van der Waals surface area contributed by atoms with Crippen molar-refractivity contribution in [2.75, 3.05) is 5.73 Å². The number of hydrogen-bond donors (Lipinski definition) is 2. The first kappa shape index (κ1) is 8.30. The van der Waals surface area contributed by atoms with Gasteiger partial charge in [-0.2, -0.15) is 0 Å². The van der Waals surface area contributed by atoms with Gasteiger partial charge in [-0.25, -0.2) is 0 Å². The number of nitrogens with two attached hydrogens (primary N) is 1. The van der Waals surface area contributed by atoms with Crippen LogP contribution in [0.5, 0.6) is 0 Å². The summed E-state index contributed by atoms with van der Waals surface area (Å²) in [6.07, 6.45) is 4.03. The number of anilines is 1. The van der Waals surface area contributed by atoms with Crippen LogP contribution < -0.4 is 11.1 Å². The van der Waals surface area contributed by atoms with Crippen LogP contribution in [0.4, 0.5) is 5.69 Å². The summed E-state index contributed by atoms with van der Waals surface area (Å²) < 4.78 is 0. The Bertz CT molecular complexity index is 331. The van der Waals surface area contributed by atoms with E-state index in [1.807, 2.05) is 12.1 Å². The molecule has 3 unspecified atom stereocenters. The van der Waals surface area contributed by atoms with Crippen molar-refractivity contribution >= 4 is 5.69 Å². The second-order valence-corrected chi connectivity index (χ2v) is 4.56. The minimum absolute atomic E-state index is 0.726. The van der Waals surface area contributed by atoms with E-state index in [-0.39, 0.29) is 0 Å². The first-order chi connectivity index (χ1) is 6.83. The van der Waals surface area contributed by atoms with E-state index in [1.165, 1.54) is 24.8 Å². The molecule has 2 fully saturated rings. The lowest BCUT2D eigenvalue weighted by Gasteiger charge is -2.20. The fraction of sp³-hybridized carbons (Fsp3) is 0.500. The van der Waals surface area contributed by atoms with Gasteiger partial charge in [0.15, 0.2) is 0 Å². The van der Waals surface area contributed by atoms with Crippen LogP contribution in [-0.2, 0) is 0 Å². The molecule has 0 radical (unpaired) electrons. The highest BCUT2D eigenvalue weighted by Gasteiger charge is 2.39. The van der Waals surface area contributed by atoms with Gasteiger partial charge in [0, 0.05) is 23.7 Å². The number of nitrogen functional groups attached to an aromatic ring is 1. The van der Waals surface area contributed by atoms with Crippen molar-refractivity contribution in [3.8, 4) is 0 Å². The van der Waals surface area contributed by atoms with Gasteiger partial charge in [0.25, 0.3) is 0 Å². The van der Waals surface area contributed by atoms with Gasteiger partial charge in [0.05, 0.1) is 0 Å². The maximum Gasteiger partial charge on any atom is 0.0314 e. The van der Waals surface area contributed by atoms with Crippen molar-refractivity contribution in [2.45, 2.75) is 37.3 Å². The summed E-state index contributed by atoms with van der Waals surface area (Å²) in [5.41, 5.74) is 8.01. The van der Waals surface area contributed by atoms with Crippen molar-refractivity contribution in [1.82, 2.24) is 5.32 Å². The number of fused-ring (bicyclic) bond motifs is 2. The molecule has 2 heteroatoms. The smallest absolute Gasteiger partial charge is 0.0314 e. The monoisotopic (exact) mass is 188 g/mol. The average Bonchev–Trinajstić information content (AvgIpc) is 2.80. The molecule has 2 aliphatic rings. The van der Waals surface area contributed by atoms with Crippen molar-refractivity contribution < 1.29 is 0 Å². The Labute approximate surface area is 84.5 Å². The molecule has 0 saturated carbocycles. The maximum atomic E-state index is 5.69. The molecule has 1 aromatic carbocycles. The molecule has 3 atom stereocenters. The lowest BCUT2D eigenvalue weighted by atomic mass is 9.84. The number of rotatable bonds is 1. The van der Waals surface area contributed by atoms with Crippen LogP contribution in [0.1, 0.15) is 30.7 Å². The number of benzene rings is 1. The fourth-order valence-electron chi connectivity index (χ4n) is 2.94. The molecule has 0 spiro atoms. The Morgan fingerprint density at radius 2 is 1.93 bits per heavy atom. The third kappa shape index (κ3) is 1.22. The van der Waals surface area contributed by atoms with Crippen LogP contribution >= 0.6 is 0 Å². The maximum absolute atomic E-state index is 5.69. The Kier molecular flexibility index (Phi) is 1.77. The van der Waals surface area contributed by atoms with Crippen molar-refractivity contribution in [2.24, 2.45) is 0 Å². The Balaban J connectivity index is 1.86. The summed E-state index contributed by atoms with van der Waals surface area (Å²) in [4.78, 5) is 0. The van der Waals surface area contributed by atoms with Gasteiger partial charge in [-0.15, -0.1) is 0 Å². The second kappa shape index (κ2) is 2.99. The third-order valence-electron chi connectivity index (χ3n) is 3.66. The van der Waals surface area contributed by atoms with Crippen LogP contribution in [0.3, 0.4) is 0 Å². The zero-order valence-corrected chi connectivity index (χ0v) is 8.24. The van der Waals surface area contributed by atoms with E-state index in [4.69, 9.17) is 5.73 Å². The largest absolute Gasteiger partial charge is 0.399 e. The summed E-state index contributed by atoms with van der Waals surface area (Å²) in [5, 5.41) is 3.66. The quantitative estimate of drug-likeness (QED) is 0.660. The van der Waals surface area contributed by atoms with Gasteiger partial charge in [0.2, 0.25) is 0 Å². The van der Waals surface area contributed by atoms with Crippen molar-refractivity contribution in [1.29, 1.82) is 0 Å². The lowest BCUT2D eigenvalue weighted by molar-refractivity contribution is 0.506. The van der Waals surface area contributed by atoms with Crippen LogP contribution in [0, 0.1) is 0 Å². The highest BCUT2D eigenvalue weighted by Crippen LogP contribution is 2.39. The summed E-state index contributed by atoms with van der Waals surface area (Å²) >= 11 is 0. The standard InChI is InChI=1S/C12H16N2/c13-9-3-1-8(2-4-9)11-7-10-5-6-12(11)14-10/h1-4,10-12,14H,5-7,13H2. The number of hydrogen-bond acceptors (Lipinski definition) is 2. The molecule has 2 bridgehead atoms. The average molecular weight is 188 g/mol. The summed E-state index contributed by atoms with van der Waals surface area (Å²) in [5.74, 6) is 0.731. The molecule has 3 N–H and O–H groups in total. The third-order valence-corrected chi connectivity index (χ3v) is 3.66. The molecule has 0 aliphatic carbocycles. The van der Waals surface area contributed by atoms with Crippen LogP contribution in [0.25, 0.3) is 0 Å². The minimum atomic E-state index is 0.726. The van der Waals surface area contributed by atoms with E-state index in [0.29, 0.717) is 0 Å². The molecule has 2 heterocycles. The molecule has 14 heavy (non-hydrogen) atoms. The molecule has 3 rings (SSSR count). The molecule has 1 aromatic rings. The Morgan fingerprint density at radius 1 is 1.14 bits per heavy atom. The van der Waals surface area contributed by atoms with E-state index in [2.05, 4.69) is 17.4 Å². The molecule has 2 aliphatic heterocycles. The summed E-state index contributed by atoms with van der Waals surface area (Å²) in [6.45, 7) is 0. The normalized spacial score (nSPS) is 35.0. The predicted molar refractivity (Wildman–Crippen MR) is 58.2 cm³/mol. The molecule has 2 saturated heterocycles. The first-order valence-electron chi connectivity index (χ1n) is 5.44. The van der Waals surface area contributed by atoms with Crippen LogP contribution in [-0.4, -0.2) is 12.1 Å². The van der Waals surface area contributed by atoms with Crippen LogP contribution in [0.2, 0.25) is 0 Å². The molecular weight excluding hydrogens is 172 g/mol. The van der Waals surface area contributed by atoms with E-state index in [1.54, 1.807) is 0 Å². The van der Waals surface area contributed by atoms with E-state index >= 15 is 0 Å². The van der Waals surface area contributed by atoms with Gasteiger partial charge in [-0.3, -0.25) is 0 Å². The summed E-state index contributed by atoms with van der Waals surface area (Å²) in [6, 6.07) is 9.90. The van der Waals surface area contributed by atoms with Crippen molar-refractivity contribution in [3.05, 3.63) is 29.8 Å². The summed E-state index contributed by atoms with van der Waals surface area (Å²) in [7, 11) is 0. The van der Waals surface area contributed by atoms with Gasteiger partial charge in [0.1, 0.15) is 0 Å². The predicted octanol–water partition coefficient (Wildman–Crippen LogP) is 1.88. The lowest BCUT2D eigenvalue weighted by Crippen LogP contribution is -2.21. The molecule has 74 valence electrons. The van der Waals surface area contributed by atoms with Gasteiger partial charge >= 0.3 is 0 Å². The molecule has 0 amide bonds. The minimum Gasteiger partial charge on any atom is -0.399 e. The fourth-order valence-corrected chi connectivity index (χ4v) is 2.94. The van der Waals surface area contributed by atoms with Gasteiger partial charge < -0.3 is 11.1 Å². The zero-order chi connectivity index (χ0) is 9.54. The zero-order valence-electron chi connectivity index (χ0n) is 8.24. The SMILES string of the molecule is Nc1ccc(C2CC3CCC2N3)cc1. The highest BCUT2D eigenvalue weighted by molar-refractivity contribution is 5.41. The first-order valence-corrected chi connectivity index (χ1v) is 5.44. The number of nitrogens with one attached hydrogen (secondary N) is 1.